The van der Waals surface area contributed by atoms with E-state index < -0.39 is 29.8 Å². The molecule has 1 atom stereocenters. The number of aliphatic hydroxyl groups excluding tert-OH is 1. The van der Waals surface area contributed by atoms with Crippen LogP contribution in [0.3, 0.4) is 0 Å². The Kier molecular flexibility index (Phi) is 4.03. The molecule has 0 saturated heterocycles. The molecule has 0 aliphatic heterocycles. The summed E-state index contributed by atoms with van der Waals surface area (Å²) < 4.78 is 75.7. The molecule has 0 spiro atoms. The third-order valence-electron chi connectivity index (χ3n) is 1.57. The molecule has 0 aromatic rings. The highest BCUT2D eigenvalue weighted by atomic mass is 19.4. The highest BCUT2D eigenvalue weighted by molar-refractivity contribution is 5.16. The summed E-state index contributed by atoms with van der Waals surface area (Å²) in [5, 5.41) is 8.49. The molecule has 0 amide bonds. The van der Waals surface area contributed by atoms with Crippen molar-refractivity contribution in [2.45, 2.75) is 25.4 Å². The Labute approximate surface area is 81.1 Å². The average Bonchev–Trinajstić information content (AvgIpc) is 1.99. The van der Waals surface area contributed by atoms with E-state index in [0.29, 0.717) is 14.0 Å². The van der Waals surface area contributed by atoms with Crippen molar-refractivity contribution in [3.8, 4) is 0 Å². The van der Waals surface area contributed by atoms with E-state index in [9.17, 15) is 26.3 Å². The lowest BCUT2D eigenvalue weighted by Gasteiger charge is -2.21. The van der Waals surface area contributed by atoms with E-state index in [1.165, 1.54) is 0 Å². The Morgan fingerprint density at radius 1 is 1.13 bits per heavy atom. The van der Waals surface area contributed by atoms with E-state index in [4.69, 9.17) is 5.11 Å². The van der Waals surface area contributed by atoms with Crippen LogP contribution in [0, 0.1) is 0 Å². The molecule has 0 aliphatic rings. The zero-order valence-corrected chi connectivity index (χ0v) is 7.70. The molecule has 0 fully saturated rings. The predicted molar refractivity (Wildman–Crippen MR) is 38.2 cm³/mol. The van der Waals surface area contributed by atoms with Gasteiger partial charge in [0.05, 0.1) is 0 Å². The molecule has 0 aromatic carbocycles. The molecule has 0 aromatic heterocycles. The number of ether oxygens (including phenoxy) is 1. The van der Waals surface area contributed by atoms with Gasteiger partial charge in [-0.15, -0.1) is 0 Å². The summed E-state index contributed by atoms with van der Waals surface area (Å²) in [6, 6.07) is 0. The smallest absolute Gasteiger partial charge is 0.448 e. The first-order valence-corrected chi connectivity index (χ1v) is 3.58. The van der Waals surface area contributed by atoms with E-state index in [2.05, 4.69) is 4.74 Å². The Morgan fingerprint density at radius 2 is 1.53 bits per heavy atom. The highest BCUT2D eigenvalue weighted by Crippen LogP contribution is 2.33. The van der Waals surface area contributed by atoms with Crippen molar-refractivity contribution in [1.82, 2.24) is 0 Å². The van der Waals surface area contributed by atoms with Gasteiger partial charge in [0.2, 0.25) is 0 Å². The Balaban J connectivity index is 5.20. The zero-order valence-electron chi connectivity index (χ0n) is 7.70. The van der Waals surface area contributed by atoms with Crippen molar-refractivity contribution in [1.29, 1.82) is 0 Å². The summed E-state index contributed by atoms with van der Waals surface area (Å²) in [4.78, 5) is 0. The third kappa shape index (κ3) is 3.61. The minimum Gasteiger partial charge on any atom is -0.504 e. The monoisotopic (exact) mass is 238 g/mol. The highest BCUT2D eigenvalue weighted by Gasteiger charge is 2.46. The van der Waals surface area contributed by atoms with Crippen LogP contribution < -0.4 is 0 Å². The van der Waals surface area contributed by atoms with Gasteiger partial charge in [-0.05, 0) is 6.92 Å². The second kappa shape index (κ2) is 4.30. The number of hydrogen-bond acceptors (Lipinski definition) is 2. The Bertz CT molecular complexity index is 251. The van der Waals surface area contributed by atoms with E-state index in [1.54, 1.807) is 0 Å². The molecule has 0 rings (SSSR count). The molecular weight excluding hydrogens is 230 g/mol. The average molecular weight is 238 g/mol. The summed E-state index contributed by atoms with van der Waals surface area (Å²) >= 11 is 0. The maximum atomic E-state index is 12.1. The topological polar surface area (TPSA) is 29.5 Å². The Morgan fingerprint density at radius 3 is 1.73 bits per heavy atom. The fourth-order valence-electron chi connectivity index (χ4n) is 0.904. The maximum absolute atomic E-state index is 12.1. The van der Waals surface area contributed by atoms with Crippen molar-refractivity contribution < 1.29 is 36.2 Å². The van der Waals surface area contributed by atoms with Crippen LogP contribution in [-0.2, 0) is 4.74 Å². The van der Waals surface area contributed by atoms with Gasteiger partial charge in [0.25, 0.3) is 0 Å². The van der Waals surface area contributed by atoms with Crippen molar-refractivity contribution in [3.05, 3.63) is 11.3 Å². The largest absolute Gasteiger partial charge is 0.504 e. The zero-order chi connectivity index (χ0) is 12.4. The number of allylic oxidation sites excluding steroid dienone is 1. The number of aliphatic hydroxyl groups is 1. The minimum atomic E-state index is -5.22. The molecule has 1 N–H and O–H groups in total. The SMILES string of the molecule is COC(/C(C)=C(\O)C(F)(F)F)C(F)(F)F. The van der Waals surface area contributed by atoms with Gasteiger partial charge in [0.1, 0.15) is 0 Å². The van der Waals surface area contributed by atoms with Gasteiger partial charge in [0.15, 0.2) is 11.9 Å². The number of halogens is 6. The van der Waals surface area contributed by atoms with Crippen LogP contribution in [0.25, 0.3) is 0 Å². The number of rotatable bonds is 2. The van der Waals surface area contributed by atoms with Crippen molar-refractivity contribution in [2.24, 2.45) is 0 Å². The first kappa shape index (κ1) is 14.1. The molecule has 0 radical (unpaired) electrons. The van der Waals surface area contributed by atoms with Gasteiger partial charge >= 0.3 is 12.4 Å². The minimum absolute atomic E-state index is 0.504. The van der Waals surface area contributed by atoms with Gasteiger partial charge < -0.3 is 9.84 Å². The van der Waals surface area contributed by atoms with Crippen LogP contribution in [0.4, 0.5) is 26.3 Å². The van der Waals surface area contributed by atoms with E-state index in [1.807, 2.05) is 0 Å². The first-order chi connectivity index (χ1) is 6.51. The molecule has 15 heavy (non-hydrogen) atoms. The first-order valence-electron chi connectivity index (χ1n) is 3.58. The van der Waals surface area contributed by atoms with Crippen LogP contribution in [0.2, 0.25) is 0 Å². The fraction of sp³-hybridized carbons (Fsp3) is 0.714. The lowest BCUT2D eigenvalue weighted by atomic mass is 10.1. The van der Waals surface area contributed by atoms with Crippen molar-refractivity contribution >= 4 is 0 Å². The summed E-state index contributed by atoms with van der Waals surface area (Å²) in [5.41, 5.74) is -1.32. The van der Waals surface area contributed by atoms with E-state index in [0.717, 1.165) is 0 Å². The number of hydrogen-bond donors (Lipinski definition) is 1. The molecule has 0 saturated carbocycles. The summed E-state index contributed by atoms with van der Waals surface area (Å²) in [7, 11) is 0.602. The summed E-state index contributed by atoms with van der Waals surface area (Å²) in [6.07, 6.45) is -13.0. The number of alkyl halides is 6. The van der Waals surface area contributed by atoms with Crippen LogP contribution in [0.1, 0.15) is 6.92 Å². The van der Waals surface area contributed by atoms with Gasteiger partial charge in [-0.2, -0.15) is 26.3 Å². The molecule has 2 nitrogen and oxygen atoms in total. The normalized spacial score (nSPS) is 17.3. The third-order valence-corrected chi connectivity index (χ3v) is 1.57. The fourth-order valence-corrected chi connectivity index (χ4v) is 0.904. The van der Waals surface area contributed by atoms with Gasteiger partial charge in [0, 0.05) is 12.7 Å². The molecule has 90 valence electrons. The maximum Gasteiger partial charge on any atom is 0.448 e. The summed E-state index contributed by atoms with van der Waals surface area (Å²) in [6.45, 7) is 0.504. The molecule has 0 heterocycles. The van der Waals surface area contributed by atoms with Gasteiger partial charge in [-0.1, -0.05) is 0 Å². The van der Waals surface area contributed by atoms with Crippen LogP contribution >= 0.6 is 0 Å². The number of methoxy groups -OCH3 is 1. The molecule has 0 aliphatic carbocycles. The van der Waals surface area contributed by atoms with Crippen molar-refractivity contribution in [2.75, 3.05) is 7.11 Å². The molecule has 1 unspecified atom stereocenters. The van der Waals surface area contributed by atoms with Crippen LogP contribution in [-0.4, -0.2) is 30.7 Å². The van der Waals surface area contributed by atoms with Gasteiger partial charge in [-0.3, -0.25) is 0 Å². The molecule has 8 heteroatoms. The van der Waals surface area contributed by atoms with Gasteiger partial charge in [-0.25, -0.2) is 0 Å². The second-order valence-corrected chi connectivity index (χ2v) is 2.69. The lowest BCUT2D eigenvalue weighted by molar-refractivity contribution is -0.202. The molecule has 0 bridgehead atoms. The quantitative estimate of drug-likeness (QED) is 0.592. The Hall–Kier alpha value is -0.920. The lowest BCUT2D eigenvalue weighted by Crippen LogP contribution is -2.34. The standard InChI is InChI=1S/C7H8F6O2/c1-3(4(14)6(8,9)10)5(15-2)7(11,12)13/h5,14H,1-2H3/b4-3-. The summed E-state index contributed by atoms with van der Waals surface area (Å²) in [5.74, 6) is -2.29. The van der Waals surface area contributed by atoms with Crippen molar-refractivity contribution in [3.63, 3.8) is 0 Å². The van der Waals surface area contributed by atoms with Crippen LogP contribution in [0.15, 0.2) is 11.3 Å². The van der Waals surface area contributed by atoms with E-state index >= 15 is 0 Å². The molecular formula is C7H8F6O2. The van der Waals surface area contributed by atoms with E-state index in [-0.39, 0.29) is 0 Å². The van der Waals surface area contributed by atoms with Crippen LogP contribution in [0.5, 0.6) is 0 Å². The predicted octanol–water partition coefficient (Wildman–Crippen LogP) is 2.96. The second-order valence-electron chi connectivity index (χ2n) is 2.69.